The Balaban J connectivity index is 2.01. The number of fused-ring (bicyclic) bond motifs is 4. The van der Waals surface area contributed by atoms with Crippen LogP contribution in [-0.4, -0.2) is 11.9 Å². The van der Waals surface area contributed by atoms with E-state index in [2.05, 4.69) is 0 Å². The van der Waals surface area contributed by atoms with Crippen LogP contribution in [0.3, 0.4) is 0 Å². The van der Waals surface area contributed by atoms with E-state index in [-0.39, 0.29) is 12.8 Å². The lowest BCUT2D eigenvalue weighted by Gasteiger charge is -2.40. The number of para-hydroxylation sites is 2. The number of esters is 2. The molecule has 2 aromatic rings. The molecule has 2 aliphatic heterocycles. The maximum Gasteiger partial charge on any atom is 0.314 e. The van der Waals surface area contributed by atoms with Crippen LogP contribution in [0, 0.1) is 0 Å². The first kappa shape index (κ1) is 12.1. The van der Waals surface area contributed by atoms with Gasteiger partial charge in [-0.25, -0.2) is 0 Å². The SMILES string of the molecule is O=C1CC2(CC(=O)O1)c1ccccc1Oc1ccccc12. The number of carbonyl (C=O) groups is 2. The lowest BCUT2D eigenvalue weighted by Crippen LogP contribution is -2.41. The summed E-state index contributed by atoms with van der Waals surface area (Å²) in [5.41, 5.74) is 1.06. The lowest BCUT2D eigenvalue weighted by atomic mass is 9.67. The van der Waals surface area contributed by atoms with Gasteiger partial charge in [0.25, 0.3) is 0 Å². The van der Waals surface area contributed by atoms with E-state index in [0.717, 1.165) is 11.1 Å². The highest BCUT2D eigenvalue weighted by Gasteiger charge is 2.49. The standard InChI is InChI=1S/C17H12O4/c18-15-9-17(10-16(19)21-15)11-5-1-3-7-13(11)20-14-8-4-2-6-12(14)17/h1-8H,9-10H2. The largest absolute Gasteiger partial charge is 0.457 e. The quantitative estimate of drug-likeness (QED) is 0.550. The van der Waals surface area contributed by atoms with Gasteiger partial charge in [0, 0.05) is 16.5 Å². The van der Waals surface area contributed by atoms with Crippen LogP contribution in [0.15, 0.2) is 48.5 Å². The van der Waals surface area contributed by atoms with Crippen LogP contribution < -0.4 is 4.74 Å². The van der Waals surface area contributed by atoms with E-state index in [1.807, 2.05) is 48.5 Å². The van der Waals surface area contributed by atoms with Crippen LogP contribution >= 0.6 is 0 Å². The highest BCUT2D eigenvalue weighted by molar-refractivity contribution is 5.92. The normalized spacial score (nSPS) is 18.5. The molecule has 21 heavy (non-hydrogen) atoms. The maximum absolute atomic E-state index is 11.9. The van der Waals surface area contributed by atoms with E-state index in [9.17, 15) is 9.59 Å². The molecule has 104 valence electrons. The number of ether oxygens (including phenoxy) is 2. The molecular formula is C17H12O4. The van der Waals surface area contributed by atoms with Gasteiger partial charge in [0.1, 0.15) is 11.5 Å². The summed E-state index contributed by atoms with van der Waals surface area (Å²) in [5, 5.41) is 0. The molecule has 0 amide bonds. The topological polar surface area (TPSA) is 52.6 Å². The molecule has 4 nitrogen and oxygen atoms in total. The molecule has 0 saturated carbocycles. The summed E-state index contributed by atoms with van der Waals surface area (Å²) in [5.74, 6) is 0.410. The van der Waals surface area contributed by atoms with Gasteiger partial charge in [-0.2, -0.15) is 0 Å². The molecular weight excluding hydrogens is 268 g/mol. The summed E-state index contributed by atoms with van der Waals surface area (Å²) >= 11 is 0. The molecule has 4 rings (SSSR count). The second-order valence-electron chi connectivity index (χ2n) is 5.38. The minimum absolute atomic E-state index is 0.149. The van der Waals surface area contributed by atoms with E-state index in [0.29, 0.717) is 11.5 Å². The molecule has 0 N–H and O–H groups in total. The van der Waals surface area contributed by atoms with E-state index in [4.69, 9.17) is 9.47 Å². The molecule has 0 aliphatic carbocycles. The minimum Gasteiger partial charge on any atom is -0.457 e. The molecule has 0 aromatic heterocycles. The van der Waals surface area contributed by atoms with Crippen molar-refractivity contribution in [2.75, 3.05) is 0 Å². The number of carbonyl (C=O) groups excluding carboxylic acids is 2. The molecule has 1 spiro atoms. The molecule has 0 unspecified atom stereocenters. The Morgan fingerprint density at radius 1 is 0.714 bits per heavy atom. The third kappa shape index (κ3) is 1.69. The Labute approximate surface area is 121 Å². The van der Waals surface area contributed by atoms with Gasteiger partial charge in [0.05, 0.1) is 12.8 Å². The molecule has 0 radical (unpaired) electrons. The molecule has 2 aromatic carbocycles. The van der Waals surface area contributed by atoms with Crippen molar-refractivity contribution in [2.24, 2.45) is 0 Å². The summed E-state index contributed by atoms with van der Waals surface area (Å²) in [6.45, 7) is 0. The van der Waals surface area contributed by atoms with Crippen LogP contribution in [0.5, 0.6) is 11.5 Å². The Kier molecular flexibility index (Phi) is 2.42. The Hall–Kier alpha value is -2.62. The fourth-order valence-electron chi connectivity index (χ4n) is 3.30. The zero-order valence-corrected chi connectivity index (χ0v) is 11.2. The highest BCUT2D eigenvalue weighted by atomic mass is 16.6. The van der Waals surface area contributed by atoms with Crippen molar-refractivity contribution in [1.82, 2.24) is 0 Å². The number of cyclic esters (lactones) is 2. The third-order valence-corrected chi connectivity index (χ3v) is 4.15. The van der Waals surface area contributed by atoms with Gasteiger partial charge >= 0.3 is 11.9 Å². The van der Waals surface area contributed by atoms with Crippen LogP contribution in [-0.2, 0) is 19.7 Å². The lowest BCUT2D eigenvalue weighted by molar-refractivity contribution is -0.165. The van der Waals surface area contributed by atoms with E-state index in [1.165, 1.54) is 0 Å². The van der Waals surface area contributed by atoms with Crippen LogP contribution in [0.25, 0.3) is 0 Å². The predicted octanol–water partition coefficient (Wildman–Crippen LogP) is 2.94. The van der Waals surface area contributed by atoms with E-state index in [1.54, 1.807) is 0 Å². The minimum atomic E-state index is -0.683. The first-order chi connectivity index (χ1) is 10.2. The van der Waals surface area contributed by atoms with Gasteiger partial charge in [-0.05, 0) is 12.1 Å². The smallest absolute Gasteiger partial charge is 0.314 e. The van der Waals surface area contributed by atoms with Crippen molar-refractivity contribution in [3.63, 3.8) is 0 Å². The van der Waals surface area contributed by atoms with Gasteiger partial charge < -0.3 is 9.47 Å². The molecule has 1 saturated heterocycles. The van der Waals surface area contributed by atoms with Gasteiger partial charge in [-0.3, -0.25) is 9.59 Å². The fraction of sp³-hybridized carbons (Fsp3) is 0.176. The van der Waals surface area contributed by atoms with Crippen molar-refractivity contribution in [1.29, 1.82) is 0 Å². The zero-order valence-electron chi connectivity index (χ0n) is 11.2. The summed E-state index contributed by atoms with van der Waals surface area (Å²) < 4.78 is 10.6. The molecule has 1 fully saturated rings. The van der Waals surface area contributed by atoms with Crippen LogP contribution in [0.4, 0.5) is 0 Å². The predicted molar refractivity (Wildman–Crippen MR) is 74.1 cm³/mol. The monoisotopic (exact) mass is 280 g/mol. The van der Waals surface area contributed by atoms with Gasteiger partial charge in [-0.15, -0.1) is 0 Å². The number of hydrogen-bond acceptors (Lipinski definition) is 4. The van der Waals surface area contributed by atoms with E-state index >= 15 is 0 Å². The van der Waals surface area contributed by atoms with Crippen molar-refractivity contribution < 1.29 is 19.1 Å². The van der Waals surface area contributed by atoms with Gasteiger partial charge in [0.15, 0.2) is 0 Å². The molecule has 2 aliphatic rings. The second kappa shape index (κ2) is 4.19. The van der Waals surface area contributed by atoms with Crippen molar-refractivity contribution in [3.8, 4) is 11.5 Å². The number of hydrogen-bond donors (Lipinski definition) is 0. The van der Waals surface area contributed by atoms with Gasteiger partial charge in [0.2, 0.25) is 0 Å². The molecule has 4 heteroatoms. The van der Waals surface area contributed by atoms with Crippen LogP contribution in [0.2, 0.25) is 0 Å². The Morgan fingerprint density at radius 3 is 1.71 bits per heavy atom. The maximum atomic E-state index is 11.9. The Morgan fingerprint density at radius 2 is 1.19 bits per heavy atom. The highest BCUT2D eigenvalue weighted by Crippen LogP contribution is 2.52. The molecule has 0 atom stereocenters. The third-order valence-electron chi connectivity index (χ3n) is 4.15. The summed E-state index contributed by atoms with van der Waals surface area (Å²) in [7, 11) is 0. The van der Waals surface area contributed by atoms with Crippen molar-refractivity contribution >= 4 is 11.9 Å². The van der Waals surface area contributed by atoms with Gasteiger partial charge in [-0.1, -0.05) is 36.4 Å². The number of rotatable bonds is 0. The summed E-state index contributed by atoms with van der Waals surface area (Å²) in [6.07, 6.45) is 0.298. The second-order valence-corrected chi connectivity index (χ2v) is 5.38. The van der Waals surface area contributed by atoms with Crippen LogP contribution in [0.1, 0.15) is 24.0 Å². The summed E-state index contributed by atoms with van der Waals surface area (Å²) in [6, 6.07) is 15.1. The summed E-state index contributed by atoms with van der Waals surface area (Å²) in [4.78, 5) is 23.8. The fourth-order valence-corrected chi connectivity index (χ4v) is 3.30. The first-order valence-electron chi connectivity index (χ1n) is 6.79. The average molecular weight is 280 g/mol. The van der Waals surface area contributed by atoms with Crippen molar-refractivity contribution in [2.45, 2.75) is 18.3 Å². The first-order valence-corrected chi connectivity index (χ1v) is 6.79. The molecule has 2 heterocycles. The van der Waals surface area contributed by atoms with Crippen molar-refractivity contribution in [3.05, 3.63) is 59.7 Å². The average Bonchev–Trinajstić information content (AvgIpc) is 2.47. The molecule has 0 bridgehead atoms. The zero-order chi connectivity index (χ0) is 14.4. The number of benzene rings is 2. The van der Waals surface area contributed by atoms with E-state index < -0.39 is 17.4 Å². The Bertz CT molecular complexity index is 699.